The summed E-state index contributed by atoms with van der Waals surface area (Å²) in [5.74, 6) is 0. The Morgan fingerprint density at radius 2 is 2.00 bits per heavy atom. The van der Waals surface area contributed by atoms with Gasteiger partial charge in [-0.15, -0.1) is 0 Å². The molecule has 0 fully saturated rings. The van der Waals surface area contributed by atoms with Crippen molar-refractivity contribution in [3.05, 3.63) is 22.7 Å². The van der Waals surface area contributed by atoms with Gasteiger partial charge in [-0.05, 0) is 36.5 Å². The maximum absolute atomic E-state index is 8.20. The van der Waals surface area contributed by atoms with Crippen molar-refractivity contribution >= 4 is 8.32 Å². The van der Waals surface area contributed by atoms with E-state index in [2.05, 4.69) is 50.5 Å². The molecule has 0 N–H and O–H groups in total. The highest BCUT2D eigenvalue weighted by Gasteiger charge is 2.36. The Labute approximate surface area is 99.5 Å². The number of nitrogens with zero attached hydrogens (tertiary/aromatic N) is 3. The van der Waals surface area contributed by atoms with Gasteiger partial charge in [-0.2, -0.15) is 0 Å². The molecule has 0 aromatic rings. The van der Waals surface area contributed by atoms with E-state index in [0.29, 0.717) is 12.1 Å². The third-order valence-corrected chi connectivity index (χ3v) is 7.60. The maximum Gasteiger partial charge on any atom is 0.191 e. The lowest BCUT2D eigenvalue weighted by atomic mass is 10.2. The molecule has 0 aromatic carbocycles. The molecule has 0 aromatic heterocycles. The summed E-state index contributed by atoms with van der Waals surface area (Å²) < 4.78 is 5.99. The molecule has 0 heterocycles. The molecule has 0 amide bonds. The van der Waals surface area contributed by atoms with Gasteiger partial charge >= 0.3 is 0 Å². The van der Waals surface area contributed by atoms with E-state index in [9.17, 15) is 0 Å². The quantitative estimate of drug-likeness (QED) is 0.220. The average molecular weight is 241 g/mol. The fraction of sp³-hybridized carbons (Fsp3) is 0.818. The standard InChI is InChI=1S/C11H23N3OSi/c1-10(13-14-12)8-7-9-15-16(5,6)11(2,3)4/h1,7-9H2,2-6H3. The fourth-order valence-electron chi connectivity index (χ4n) is 0.933. The Kier molecular flexibility index (Phi) is 5.79. The maximum atomic E-state index is 8.20. The predicted molar refractivity (Wildman–Crippen MR) is 70.7 cm³/mol. The summed E-state index contributed by atoms with van der Waals surface area (Å²) in [4.78, 5) is 2.70. The molecule has 0 rings (SSSR count). The van der Waals surface area contributed by atoms with Gasteiger partial charge in [0.15, 0.2) is 8.32 Å². The van der Waals surface area contributed by atoms with Crippen LogP contribution in [0.5, 0.6) is 0 Å². The highest BCUT2D eigenvalue weighted by atomic mass is 28.4. The first kappa shape index (κ1) is 15.2. The molecule has 0 aliphatic carbocycles. The van der Waals surface area contributed by atoms with Gasteiger partial charge in [0.05, 0.1) is 0 Å². The lowest BCUT2D eigenvalue weighted by Gasteiger charge is -2.36. The van der Waals surface area contributed by atoms with Gasteiger partial charge in [0.1, 0.15) is 0 Å². The second kappa shape index (κ2) is 6.08. The van der Waals surface area contributed by atoms with E-state index in [1.165, 1.54) is 0 Å². The zero-order chi connectivity index (χ0) is 12.8. The van der Waals surface area contributed by atoms with E-state index in [4.69, 9.17) is 9.96 Å². The second-order valence-corrected chi connectivity index (χ2v) is 10.3. The van der Waals surface area contributed by atoms with E-state index in [0.717, 1.165) is 13.0 Å². The molecular formula is C11H23N3OSi. The summed E-state index contributed by atoms with van der Waals surface area (Å²) in [6, 6.07) is 0. The first-order valence-electron chi connectivity index (χ1n) is 5.57. The number of hydrogen-bond donors (Lipinski definition) is 0. The number of hydrogen-bond acceptors (Lipinski definition) is 2. The Balaban J connectivity index is 3.91. The minimum Gasteiger partial charge on any atom is -0.417 e. The Hall–Kier alpha value is -0.773. The molecule has 5 heteroatoms. The lowest BCUT2D eigenvalue weighted by molar-refractivity contribution is 0.282. The fourth-order valence-corrected chi connectivity index (χ4v) is 2.02. The monoisotopic (exact) mass is 241 g/mol. The van der Waals surface area contributed by atoms with Crippen molar-refractivity contribution in [2.45, 2.75) is 51.7 Å². The Morgan fingerprint density at radius 1 is 1.44 bits per heavy atom. The molecular weight excluding hydrogens is 218 g/mol. The smallest absolute Gasteiger partial charge is 0.191 e. The van der Waals surface area contributed by atoms with Crippen LogP contribution in [-0.4, -0.2) is 14.9 Å². The van der Waals surface area contributed by atoms with Gasteiger partial charge in [-0.3, -0.25) is 0 Å². The van der Waals surface area contributed by atoms with Crippen molar-refractivity contribution in [1.29, 1.82) is 0 Å². The molecule has 0 saturated carbocycles. The normalized spacial score (nSPS) is 12.1. The zero-order valence-electron chi connectivity index (χ0n) is 11.1. The van der Waals surface area contributed by atoms with Crippen LogP contribution in [0.3, 0.4) is 0 Å². The summed E-state index contributed by atoms with van der Waals surface area (Å²) in [6.45, 7) is 15.5. The predicted octanol–water partition coefficient (Wildman–Crippen LogP) is 4.61. The van der Waals surface area contributed by atoms with Crippen molar-refractivity contribution in [3.63, 3.8) is 0 Å². The lowest BCUT2D eigenvalue weighted by Crippen LogP contribution is -2.40. The van der Waals surface area contributed by atoms with Crippen LogP contribution in [0.2, 0.25) is 18.1 Å². The van der Waals surface area contributed by atoms with Crippen LogP contribution in [0, 0.1) is 0 Å². The van der Waals surface area contributed by atoms with Crippen LogP contribution in [0.4, 0.5) is 0 Å². The number of azide groups is 1. The summed E-state index contributed by atoms with van der Waals surface area (Å²) in [6.07, 6.45) is 1.57. The molecule has 4 nitrogen and oxygen atoms in total. The van der Waals surface area contributed by atoms with Gasteiger partial charge in [-0.1, -0.05) is 32.5 Å². The summed E-state index contributed by atoms with van der Waals surface area (Å²) in [7, 11) is -1.63. The summed E-state index contributed by atoms with van der Waals surface area (Å²) in [5, 5.41) is 3.69. The van der Waals surface area contributed by atoms with Crippen LogP contribution < -0.4 is 0 Å². The van der Waals surface area contributed by atoms with Crippen molar-refractivity contribution in [1.82, 2.24) is 0 Å². The first-order chi connectivity index (χ1) is 7.20. The molecule has 0 aliphatic rings. The average Bonchev–Trinajstić information content (AvgIpc) is 2.11. The first-order valence-corrected chi connectivity index (χ1v) is 8.48. The van der Waals surface area contributed by atoms with Crippen molar-refractivity contribution in [2.24, 2.45) is 5.11 Å². The van der Waals surface area contributed by atoms with E-state index in [1.807, 2.05) is 0 Å². The second-order valence-electron chi connectivity index (χ2n) is 5.47. The van der Waals surface area contributed by atoms with E-state index in [1.54, 1.807) is 0 Å². The third-order valence-electron chi connectivity index (χ3n) is 3.06. The Bertz CT molecular complexity index is 288. The van der Waals surface area contributed by atoms with E-state index < -0.39 is 8.32 Å². The molecule has 0 radical (unpaired) electrons. The van der Waals surface area contributed by atoms with Crippen LogP contribution in [-0.2, 0) is 4.43 Å². The highest BCUT2D eigenvalue weighted by Crippen LogP contribution is 2.36. The van der Waals surface area contributed by atoms with E-state index in [-0.39, 0.29) is 5.04 Å². The van der Waals surface area contributed by atoms with Crippen LogP contribution in [0.15, 0.2) is 17.4 Å². The molecule has 0 atom stereocenters. The van der Waals surface area contributed by atoms with Gasteiger partial charge < -0.3 is 4.43 Å². The largest absolute Gasteiger partial charge is 0.417 e. The molecule has 0 saturated heterocycles. The molecule has 0 bridgehead atoms. The number of allylic oxidation sites excluding steroid dienone is 1. The van der Waals surface area contributed by atoms with Crippen LogP contribution >= 0.6 is 0 Å². The molecule has 0 unspecified atom stereocenters. The zero-order valence-corrected chi connectivity index (χ0v) is 12.1. The minimum absolute atomic E-state index is 0.245. The molecule has 0 aliphatic heterocycles. The third kappa shape index (κ3) is 5.35. The van der Waals surface area contributed by atoms with Gasteiger partial charge in [0.2, 0.25) is 0 Å². The Morgan fingerprint density at radius 3 is 2.44 bits per heavy atom. The van der Waals surface area contributed by atoms with Gasteiger partial charge in [0.25, 0.3) is 0 Å². The van der Waals surface area contributed by atoms with E-state index >= 15 is 0 Å². The molecule has 16 heavy (non-hydrogen) atoms. The van der Waals surface area contributed by atoms with Gasteiger partial charge in [-0.25, -0.2) is 0 Å². The minimum atomic E-state index is -1.63. The summed E-state index contributed by atoms with van der Waals surface area (Å²) >= 11 is 0. The topological polar surface area (TPSA) is 58.0 Å². The molecule has 92 valence electrons. The van der Waals surface area contributed by atoms with Gasteiger partial charge in [0, 0.05) is 17.2 Å². The number of rotatable bonds is 6. The van der Waals surface area contributed by atoms with Crippen LogP contribution in [0.1, 0.15) is 33.6 Å². The van der Waals surface area contributed by atoms with Crippen molar-refractivity contribution in [3.8, 4) is 0 Å². The van der Waals surface area contributed by atoms with Crippen molar-refractivity contribution in [2.75, 3.05) is 6.61 Å². The highest BCUT2D eigenvalue weighted by molar-refractivity contribution is 6.74. The molecule has 0 spiro atoms. The summed E-state index contributed by atoms with van der Waals surface area (Å²) in [5.41, 5.74) is 8.79. The SMILES string of the molecule is C=C(CCCO[Si](C)(C)C(C)(C)C)N=[N+]=[N-]. The van der Waals surface area contributed by atoms with Crippen LogP contribution in [0.25, 0.3) is 10.4 Å². The van der Waals surface area contributed by atoms with Crippen molar-refractivity contribution < 1.29 is 4.43 Å².